The standard InChI is InChI=1S/C8H18O4Si/c1-5-7(12-6(2)9)13-8(10-3)11-4/h7-8H,5,13H2,1-4H3. The van der Waals surface area contributed by atoms with Crippen LogP contribution >= 0.6 is 0 Å². The van der Waals surface area contributed by atoms with Crippen molar-refractivity contribution in [1.29, 1.82) is 0 Å². The van der Waals surface area contributed by atoms with E-state index >= 15 is 0 Å². The number of ether oxygens (including phenoxy) is 3. The molecule has 13 heavy (non-hydrogen) atoms. The van der Waals surface area contributed by atoms with Crippen molar-refractivity contribution in [1.82, 2.24) is 0 Å². The maximum absolute atomic E-state index is 10.7. The lowest BCUT2D eigenvalue weighted by Gasteiger charge is -2.19. The Hall–Kier alpha value is -0.393. The number of rotatable bonds is 6. The number of hydrogen-bond acceptors (Lipinski definition) is 4. The zero-order valence-electron chi connectivity index (χ0n) is 8.70. The molecule has 1 atom stereocenters. The van der Waals surface area contributed by atoms with E-state index in [1.807, 2.05) is 6.92 Å². The van der Waals surface area contributed by atoms with Gasteiger partial charge in [-0.1, -0.05) is 6.92 Å². The molecule has 0 spiro atoms. The summed E-state index contributed by atoms with van der Waals surface area (Å²) in [4.78, 5) is 10.7. The van der Waals surface area contributed by atoms with Crippen LogP contribution < -0.4 is 0 Å². The zero-order chi connectivity index (χ0) is 10.3. The summed E-state index contributed by atoms with van der Waals surface area (Å²) in [7, 11) is 2.51. The second kappa shape index (κ2) is 7.05. The van der Waals surface area contributed by atoms with Crippen molar-refractivity contribution in [3.8, 4) is 0 Å². The Morgan fingerprint density at radius 1 is 1.38 bits per heavy atom. The number of methoxy groups -OCH3 is 2. The Morgan fingerprint density at radius 2 is 1.92 bits per heavy atom. The van der Waals surface area contributed by atoms with Gasteiger partial charge in [0.15, 0.2) is 0 Å². The minimum atomic E-state index is -0.691. The van der Waals surface area contributed by atoms with Crippen molar-refractivity contribution >= 4 is 15.5 Å². The molecule has 0 aliphatic heterocycles. The van der Waals surface area contributed by atoms with Gasteiger partial charge in [0.2, 0.25) is 0 Å². The number of esters is 1. The Bertz CT molecular complexity index is 147. The Labute approximate surface area is 81.4 Å². The summed E-state index contributed by atoms with van der Waals surface area (Å²) in [5, 5.41) is 0. The van der Waals surface area contributed by atoms with E-state index in [1.165, 1.54) is 6.92 Å². The molecule has 5 heteroatoms. The number of carbonyl (C=O) groups is 1. The molecule has 0 aliphatic carbocycles. The summed E-state index contributed by atoms with van der Waals surface area (Å²) in [6, 6.07) is 0. The molecule has 0 aliphatic rings. The van der Waals surface area contributed by atoms with Crippen LogP contribution in [0.3, 0.4) is 0 Å². The Morgan fingerprint density at radius 3 is 2.23 bits per heavy atom. The quantitative estimate of drug-likeness (QED) is 0.349. The summed E-state index contributed by atoms with van der Waals surface area (Å²) in [6.45, 7) is 3.41. The van der Waals surface area contributed by atoms with Crippen LogP contribution in [0.1, 0.15) is 20.3 Å². The van der Waals surface area contributed by atoms with E-state index in [-0.39, 0.29) is 17.6 Å². The Balaban J connectivity index is 3.87. The minimum Gasteiger partial charge on any atom is -0.467 e. The predicted molar refractivity (Wildman–Crippen MR) is 52.2 cm³/mol. The smallest absolute Gasteiger partial charge is 0.302 e. The van der Waals surface area contributed by atoms with Crippen molar-refractivity contribution in [3.63, 3.8) is 0 Å². The topological polar surface area (TPSA) is 44.8 Å². The molecular formula is C8H18O4Si. The molecule has 0 amide bonds. The van der Waals surface area contributed by atoms with Crippen molar-refractivity contribution in [3.05, 3.63) is 0 Å². The third-order valence-corrected chi connectivity index (χ3v) is 4.09. The number of hydrogen-bond donors (Lipinski definition) is 0. The lowest BCUT2D eigenvalue weighted by molar-refractivity contribution is -0.143. The molecule has 0 saturated heterocycles. The van der Waals surface area contributed by atoms with E-state index < -0.39 is 9.52 Å². The van der Waals surface area contributed by atoms with Gasteiger partial charge in [-0.25, -0.2) is 0 Å². The van der Waals surface area contributed by atoms with Gasteiger partial charge in [0.1, 0.15) is 15.4 Å². The monoisotopic (exact) mass is 206 g/mol. The normalized spacial score (nSPS) is 13.9. The minimum absolute atomic E-state index is 0.0161. The highest BCUT2D eigenvalue weighted by Gasteiger charge is 2.17. The second-order valence-electron chi connectivity index (χ2n) is 2.78. The largest absolute Gasteiger partial charge is 0.467 e. The third-order valence-electron chi connectivity index (χ3n) is 1.77. The van der Waals surface area contributed by atoms with Crippen molar-refractivity contribution in [2.24, 2.45) is 0 Å². The molecule has 0 aromatic heterocycles. The molecule has 0 aromatic rings. The molecule has 0 fully saturated rings. The fraction of sp³-hybridized carbons (Fsp3) is 0.875. The van der Waals surface area contributed by atoms with E-state index in [0.29, 0.717) is 0 Å². The third kappa shape index (κ3) is 5.79. The first-order valence-electron chi connectivity index (χ1n) is 4.36. The summed E-state index contributed by atoms with van der Waals surface area (Å²) in [5.41, 5.74) is 0.0161. The summed E-state index contributed by atoms with van der Waals surface area (Å²) < 4.78 is 15.2. The second-order valence-corrected chi connectivity index (χ2v) is 4.83. The van der Waals surface area contributed by atoms with Crippen LogP contribution in [0, 0.1) is 0 Å². The highest BCUT2D eigenvalue weighted by atomic mass is 28.2. The van der Waals surface area contributed by atoms with Crippen molar-refractivity contribution in [2.75, 3.05) is 14.2 Å². The molecule has 0 heterocycles. The van der Waals surface area contributed by atoms with Crippen LogP contribution in [0.2, 0.25) is 0 Å². The summed E-state index contributed by atoms with van der Waals surface area (Å²) in [6.07, 6.45) is 0.828. The molecule has 0 saturated carbocycles. The van der Waals surface area contributed by atoms with Gasteiger partial charge in [0.25, 0.3) is 0 Å². The maximum atomic E-state index is 10.7. The number of carbonyl (C=O) groups excluding carboxylic acids is 1. The van der Waals surface area contributed by atoms with E-state index in [2.05, 4.69) is 0 Å². The molecule has 0 rings (SSSR count). The van der Waals surface area contributed by atoms with Crippen LogP contribution in [-0.4, -0.2) is 41.3 Å². The van der Waals surface area contributed by atoms with E-state index in [4.69, 9.17) is 14.2 Å². The summed E-state index contributed by atoms with van der Waals surface area (Å²) in [5.74, 6) is -0.394. The van der Waals surface area contributed by atoms with Gasteiger partial charge < -0.3 is 14.2 Å². The fourth-order valence-corrected chi connectivity index (χ4v) is 2.51. The van der Waals surface area contributed by atoms with Gasteiger partial charge in [-0.05, 0) is 6.42 Å². The van der Waals surface area contributed by atoms with E-state index in [1.54, 1.807) is 14.2 Å². The van der Waals surface area contributed by atoms with Gasteiger partial charge in [-0.2, -0.15) is 0 Å². The van der Waals surface area contributed by atoms with Gasteiger partial charge in [0, 0.05) is 21.1 Å². The molecule has 0 aromatic carbocycles. The maximum Gasteiger partial charge on any atom is 0.302 e. The highest BCUT2D eigenvalue weighted by molar-refractivity contribution is 6.38. The summed E-state index contributed by atoms with van der Waals surface area (Å²) >= 11 is 0. The fourth-order valence-electron chi connectivity index (χ4n) is 1.04. The molecule has 0 radical (unpaired) electrons. The van der Waals surface area contributed by atoms with Crippen LogP contribution in [0.15, 0.2) is 0 Å². The van der Waals surface area contributed by atoms with Crippen molar-refractivity contribution < 1.29 is 19.0 Å². The molecule has 0 bridgehead atoms. The van der Waals surface area contributed by atoms with Gasteiger partial charge >= 0.3 is 5.97 Å². The van der Waals surface area contributed by atoms with Crippen LogP contribution in [0.5, 0.6) is 0 Å². The molecule has 0 N–H and O–H groups in total. The highest BCUT2D eigenvalue weighted by Crippen LogP contribution is 2.01. The lowest BCUT2D eigenvalue weighted by atomic mass is 10.5. The van der Waals surface area contributed by atoms with Crippen LogP contribution in [0.4, 0.5) is 0 Å². The lowest BCUT2D eigenvalue weighted by Crippen LogP contribution is -2.34. The molecule has 78 valence electrons. The average molecular weight is 206 g/mol. The van der Waals surface area contributed by atoms with E-state index in [9.17, 15) is 4.79 Å². The first kappa shape index (κ1) is 12.6. The van der Waals surface area contributed by atoms with Gasteiger partial charge in [-0.15, -0.1) is 0 Å². The van der Waals surface area contributed by atoms with Crippen LogP contribution in [-0.2, 0) is 19.0 Å². The first-order chi connectivity index (χ1) is 6.13. The predicted octanol–water partition coefficient (Wildman–Crippen LogP) is 0.0308. The van der Waals surface area contributed by atoms with E-state index in [0.717, 1.165) is 6.42 Å². The SMILES string of the molecule is CCC(OC(C)=O)[SiH2]C(OC)OC. The first-order valence-corrected chi connectivity index (χ1v) is 6.00. The molecule has 4 nitrogen and oxygen atoms in total. The molecule has 1 unspecified atom stereocenters. The Kier molecular flexibility index (Phi) is 6.84. The van der Waals surface area contributed by atoms with Crippen molar-refractivity contribution in [2.45, 2.75) is 31.9 Å². The van der Waals surface area contributed by atoms with Gasteiger partial charge in [-0.3, -0.25) is 4.79 Å². The average Bonchev–Trinajstić information content (AvgIpc) is 2.11. The van der Waals surface area contributed by atoms with Gasteiger partial charge in [0.05, 0.1) is 5.73 Å². The zero-order valence-corrected chi connectivity index (χ0v) is 10.1. The van der Waals surface area contributed by atoms with Crippen LogP contribution in [0.25, 0.3) is 0 Å². The molecular weight excluding hydrogens is 188 g/mol.